The van der Waals surface area contributed by atoms with Gasteiger partial charge in [0, 0.05) is 26.2 Å². The molecular weight excluding hydrogens is 424 g/mol. The summed E-state index contributed by atoms with van der Waals surface area (Å²) in [5.74, 6) is 0.601. The van der Waals surface area contributed by atoms with E-state index in [0.717, 1.165) is 43.2 Å². The van der Waals surface area contributed by atoms with Crippen LogP contribution in [-0.2, 0) is 16.1 Å². The summed E-state index contributed by atoms with van der Waals surface area (Å²) < 4.78 is 7.23. The molecule has 1 aliphatic heterocycles. The smallest absolute Gasteiger partial charge is 0.326 e. The van der Waals surface area contributed by atoms with E-state index in [-0.39, 0.29) is 18.6 Å². The largest absolute Gasteiger partial charge is 0.465 e. The highest BCUT2D eigenvalue weighted by Crippen LogP contribution is 2.31. The molecule has 1 aromatic heterocycles. The van der Waals surface area contributed by atoms with E-state index in [2.05, 4.69) is 70.5 Å². The van der Waals surface area contributed by atoms with Crippen molar-refractivity contribution < 1.29 is 9.53 Å². The molecule has 2 heterocycles. The lowest BCUT2D eigenvalue weighted by molar-refractivity contribution is -0.143. The lowest BCUT2D eigenvalue weighted by Gasteiger charge is -2.40. The van der Waals surface area contributed by atoms with Crippen LogP contribution in [0, 0.1) is 0 Å². The predicted octanol–water partition coefficient (Wildman–Crippen LogP) is 4.51. The zero-order chi connectivity index (χ0) is 23.3. The number of fused-ring (bicyclic) bond motifs is 1. The van der Waals surface area contributed by atoms with Crippen molar-refractivity contribution >= 4 is 23.0 Å². The average Bonchev–Trinajstić information content (AvgIpc) is 3.24. The number of hydrogen-bond donors (Lipinski definition) is 0. The van der Waals surface area contributed by atoms with Crippen molar-refractivity contribution in [2.24, 2.45) is 0 Å². The number of esters is 1. The molecule has 0 saturated carbocycles. The molecule has 0 radical (unpaired) electrons. The summed E-state index contributed by atoms with van der Waals surface area (Å²) in [7, 11) is 0. The minimum atomic E-state index is -0.237. The Morgan fingerprint density at radius 2 is 1.44 bits per heavy atom. The van der Waals surface area contributed by atoms with Crippen molar-refractivity contribution in [3.05, 3.63) is 96.1 Å². The summed E-state index contributed by atoms with van der Waals surface area (Å²) in [5.41, 5.74) is 4.46. The van der Waals surface area contributed by atoms with Crippen molar-refractivity contribution in [3.63, 3.8) is 0 Å². The first-order valence-electron chi connectivity index (χ1n) is 11.9. The van der Waals surface area contributed by atoms with E-state index in [1.807, 2.05) is 35.8 Å². The molecule has 1 fully saturated rings. The van der Waals surface area contributed by atoms with Gasteiger partial charge in [0.05, 0.1) is 23.7 Å². The summed E-state index contributed by atoms with van der Waals surface area (Å²) in [6.45, 7) is 5.85. The maximum absolute atomic E-state index is 12.3. The monoisotopic (exact) mass is 454 g/mol. The van der Waals surface area contributed by atoms with Gasteiger partial charge in [-0.3, -0.25) is 14.3 Å². The molecule has 3 aromatic carbocycles. The van der Waals surface area contributed by atoms with Crippen molar-refractivity contribution in [1.82, 2.24) is 14.5 Å². The number of rotatable bonds is 7. The zero-order valence-electron chi connectivity index (χ0n) is 19.5. The number of benzene rings is 3. The zero-order valence-corrected chi connectivity index (χ0v) is 19.5. The van der Waals surface area contributed by atoms with E-state index in [9.17, 15) is 4.79 Å². The molecule has 0 amide bonds. The second-order valence-corrected chi connectivity index (χ2v) is 8.54. The molecule has 6 nitrogen and oxygen atoms in total. The molecular formula is C28H30N4O2. The van der Waals surface area contributed by atoms with Crippen molar-refractivity contribution in [2.45, 2.75) is 19.5 Å². The second kappa shape index (κ2) is 10.1. The Kier molecular flexibility index (Phi) is 6.58. The van der Waals surface area contributed by atoms with Gasteiger partial charge in [0.25, 0.3) is 0 Å². The molecule has 0 spiro atoms. The first-order valence-corrected chi connectivity index (χ1v) is 11.9. The minimum Gasteiger partial charge on any atom is -0.465 e. The first-order chi connectivity index (χ1) is 16.7. The molecule has 34 heavy (non-hydrogen) atoms. The maximum Gasteiger partial charge on any atom is 0.326 e. The summed E-state index contributed by atoms with van der Waals surface area (Å²) >= 11 is 0. The third-order valence-electron chi connectivity index (χ3n) is 6.42. The van der Waals surface area contributed by atoms with Gasteiger partial charge in [-0.25, -0.2) is 4.98 Å². The molecule has 1 aliphatic rings. The number of hydrogen-bond acceptors (Lipinski definition) is 5. The minimum absolute atomic E-state index is 0.167. The van der Waals surface area contributed by atoms with Crippen LogP contribution in [0.1, 0.15) is 24.1 Å². The molecule has 1 saturated heterocycles. The third-order valence-corrected chi connectivity index (χ3v) is 6.42. The standard InChI is InChI=1S/C28H30N4O2/c1-2-34-26(33)21-32-25-16-10-9-15-24(25)29-28(32)31-19-17-30(18-20-31)27(22-11-5-3-6-12-22)23-13-7-4-8-14-23/h3-16,27H,2,17-21H2,1H3. The van der Waals surface area contributed by atoms with Gasteiger partial charge in [0.1, 0.15) is 6.54 Å². The van der Waals surface area contributed by atoms with Gasteiger partial charge in [-0.05, 0) is 30.2 Å². The number of nitrogens with zero attached hydrogens (tertiary/aromatic N) is 4. The van der Waals surface area contributed by atoms with E-state index in [1.54, 1.807) is 0 Å². The number of imidazole rings is 1. The van der Waals surface area contributed by atoms with E-state index < -0.39 is 0 Å². The maximum atomic E-state index is 12.3. The molecule has 5 rings (SSSR count). The van der Waals surface area contributed by atoms with Gasteiger partial charge in [0.15, 0.2) is 0 Å². The van der Waals surface area contributed by atoms with E-state index in [0.29, 0.717) is 6.61 Å². The van der Waals surface area contributed by atoms with E-state index >= 15 is 0 Å². The molecule has 174 valence electrons. The molecule has 0 N–H and O–H groups in total. The molecule has 0 unspecified atom stereocenters. The van der Waals surface area contributed by atoms with Crippen LogP contribution in [0.3, 0.4) is 0 Å². The Morgan fingerprint density at radius 1 is 0.853 bits per heavy atom. The Labute approximate surface area is 200 Å². The second-order valence-electron chi connectivity index (χ2n) is 8.54. The summed E-state index contributed by atoms with van der Waals surface area (Å²) in [5, 5.41) is 0. The number of piperazine rings is 1. The summed E-state index contributed by atoms with van der Waals surface area (Å²) in [6.07, 6.45) is 0. The number of carbonyl (C=O) groups is 1. The fraction of sp³-hybridized carbons (Fsp3) is 0.286. The third kappa shape index (κ3) is 4.54. The van der Waals surface area contributed by atoms with Crippen LogP contribution in [0.2, 0.25) is 0 Å². The van der Waals surface area contributed by atoms with Gasteiger partial charge in [-0.1, -0.05) is 72.8 Å². The Balaban J connectivity index is 1.40. The molecule has 0 aliphatic carbocycles. The molecule has 0 atom stereocenters. The van der Waals surface area contributed by atoms with Gasteiger partial charge in [0.2, 0.25) is 5.95 Å². The highest BCUT2D eigenvalue weighted by Gasteiger charge is 2.28. The predicted molar refractivity (Wildman–Crippen MR) is 135 cm³/mol. The molecule has 6 heteroatoms. The Hall–Kier alpha value is -3.64. The van der Waals surface area contributed by atoms with Crippen LogP contribution in [-0.4, -0.2) is 53.2 Å². The van der Waals surface area contributed by atoms with Crippen LogP contribution < -0.4 is 4.90 Å². The highest BCUT2D eigenvalue weighted by molar-refractivity contribution is 5.81. The Bertz CT molecular complexity index is 1190. The van der Waals surface area contributed by atoms with Crippen molar-refractivity contribution in [2.75, 3.05) is 37.7 Å². The topological polar surface area (TPSA) is 50.6 Å². The Morgan fingerprint density at radius 3 is 2.06 bits per heavy atom. The SMILES string of the molecule is CCOC(=O)Cn1c(N2CCN(C(c3ccccc3)c3ccccc3)CC2)nc2ccccc21. The van der Waals surface area contributed by atoms with Crippen LogP contribution in [0.15, 0.2) is 84.9 Å². The summed E-state index contributed by atoms with van der Waals surface area (Å²) in [6, 6.07) is 29.6. The number of para-hydroxylation sites is 2. The van der Waals surface area contributed by atoms with Gasteiger partial charge in [-0.2, -0.15) is 0 Å². The number of ether oxygens (including phenoxy) is 1. The van der Waals surface area contributed by atoms with Crippen LogP contribution in [0.25, 0.3) is 11.0 Å². The van der Waals surface area contributed by atoms with E-state index in [4.69, 9.17) is 9.72 Å². The first kappa shape index (κ1) is 22.2. The van der Waals surface area contributed by atoms with E-state index in [1.165, 1.54) is 11.1 Å². The lowest BCUT2D eigenvalue weighted by Crippen LogP contribution is -2.48. The number of aromatic nitrogens is 2. The summed E-state index contributed by atoms with van der Waals surface area (Å²) in [4.78, 5) is 22.1. The highest BCUT2D eigenvalue weighted by atomic mass is 16.5. The normalized spacial score (nSPS) is 14.6. The van der Waals surface area contributed by atoms with Gasteiger partial charge < -0.3 is 9.64 Å². The van der Waals surface area contributed by atoms with Crippen LogP contribution >= 0.6 is 0 Å². The average molecular weight is 455 g/mol. The molecule has 4 aromatic rings. The van der Waals surface area contributed by atoms with Crippen molar-refractivity contribution in [1.29, 1.82) is 0 Å². The van der Waals surface area contributed by atoms with Gasteiger partial charge in [-0.15, -0.1) is 0 Å². The number of anilines is 1. The fourth-order valence-corrected chi connectivity index (χ4v) is 4.86. The van der Waals surface area contributed by atoms with Crippen LogP contribution in [0.4, 0.5) is 5.95 Å². The quantitative estimate of drug-likeness (QED) is 0.385. The molecule has 0 bridgehead atoms. The van der Waals surface area contributed by atoms with Gasteiger partial charge >= 0.3 is 5.97 Å². The number of carbonyl (C=O) groups excluding carboxylic acids is 1. The fourth-order valence-electron chi connectivity index (χ4n) is 4.86. The van der Waals surface area contributed by atoms with Crippen LogP contribution in [0.5, 0.6) is 0 Å². The van der Waals surface area contributed by atoms with Crippen molar-refractivity contribution in [3.8, 4) is 0 Å². The lowest BCUT2D eigenvalue weighted by atomic mass is 9.96.